The Morgan fingerprint density at radius 1 is 1.33 bits per heavy atom. The molecule has 6 nitrogen and oxygen atoms in total. The fourth-order valence-electron chi connectivity index (χ4n) is 1.81. The molecule has 0 bridgehead atoms. The highest BCUT2D eigenvalue weighted by Crippen LogP contribution is 2.14. The lowest BCUT2D eigenvalue weighted by Gasteiger charge is -2.04. The maximum atomic E-state index is 10.6. The standard InChI is InChI=1S/C15H18N2O4/c1-10(2)7-14-16-13(17-21-14)9-20-12-5-3-11(4-6-12)8-15(18)19/h3-6,10H,7-9H2,1-2H3,(H,18,19). The minimum Gasteiger partial charge on any atom is -0.485 e. The lowest BCUT2D eigenvalue weighted by molar-refractivity contribution is -0.136. The summed E-state index contributed by atoms with van der Waals surface area (Å²) in [7, 11) is 0. The van der Waals surface area contributed by atoms with Crippen molar-refractivity contribution in [2.75, 3.05) is 0 Å². The van der Waals surface area contributed by atoms with E-state index in [0.717, 1.165) is 12.0 Å². The quantitative estimate of drug-likeness (QED) is 0.843. The van der Waals surface area contributed by atoms with Crippen LogP contribution in [0.2, 0.25) is 0 Å². The van der Waals surface area contributed by atoms with Crippen molar-refractivity contribution in [2.45, 2.75) is 33.3 Å². The number of hydrogen-bond donors (Lipinski definition) is 1. The largest absolute Gasteiger partial charge is 0.485 e. The second-order valence-electron chi connectivity index (χ2n) is 5.21. The van der Waals surface area contributed by atoms with Crippen molar-refractivity contribution in [2.24, 2.45) is 5.92 Å². The normalized spacial score (nSPS) is 10.8. The van der Waals surface area contributed by atoms with Crippen LogP contribution in [0, 0.1) is 5.92 Å². The van der Waals surface area contributed by atoms with Gasteiger partial charge in [-0.3, -0.25) is 4.79 Å². The molecule has 0 aliphatic carbocycles. The van der Waals surface area contributed by atoms with Gasteiger partial charge in [0.25, 0.3) is 0 Å². The molecule has 1 aromatic carbocycles. The Morgan fingerprint density at radius 3 is 2.67 bits per heavy atom. The predicted molar refractivity (Wildman–Crippen MR) is 75.0 cm³/mol. The number of hydrogen-bond acceptors (Lipinski definition) is 5. The maximum absolute atomic E-state index is 10.6. The summed E-state index contributed by atoms with van der Waals surface area (Å²) in [6.45, 7) is 4.39. The highest BCUT2D eigenvalue weighted by atomic mass is 16.5. The number of carboxylic acid groups (broad SMARTS) is 1. The van der Waals surface area contributed by atoms with Crippen molar-refractivity contribution >= 4 is 5.97 Å². The second-order valence-corrected chi connectivity index (χ2v) is 5.21. The minimum absolute atomic E-state index is 0.00365. The summed E-state index contributed by atoms with van der Waals surface area (Å²) in [6, 6.07) is 6.91. The van der Waals surface area contributed by atoms with Gasteiger partial charge in [0.2, 0.25) is 11.7 Å². The number of benzene rings is 1. The fraction of sp³-hybridized carbons (Fsp3) is 0.400. The van der Waals surface area contributed by atoms with Crippen LogP contribution >= 0.6 is 0 Å². The lowest BCUT2D eigenvalue weighted by atomic mass is 10.1. The van der Waals surface area contributed by atoms with E-state index in [4.69, 9.17) is 14.4 Å². The molecule has 0 aliphatic heterocycles. The van der Waals surface area contributed by atoms with Gasteiger partial charge in [-0.05, 0) is 23.6 Å². The Hall–Kier alpha value is -2.37. The predicted octanol–water partition coefficient (Wildman–Crippen LogP) is 2.47. The Labute approximate surface area is 122 Å². The zero-order chi connectivity index (χ0) is 15.2. The van der Waals surface area contributed by atoms with Gasteiger partial charge >= 0.3 is 5.97 Å². The molecule has 1 heterocycles. The van der Waals surface area contributed by atoms with Gasteiger partial charge in [-0.2, -0.15) is 4.98 Å². The van der Waals surface area contributed by atoms with Crippen molar-refractivity contribution in [1.82, 2.24) is 10.1 Å². The van der Waals surface area contributed by atoms with Gasteiger partial charge in [0.05, 0.1) is 6.42 Å². The van der Waals surface area contributed by atoms with E-state index in [1.807, 2.05) is 0 Å². The zero-order valence-corrected chi connectivity index (χ0v) is 12.1. The molecule has 0 saturated carbocycles. The van der Waals surface area contributed by atoms with Crippen molar-refractivity contribution < 1.29 is 19.2 Å². The topological polar surface area (TPSA) is 85.5 Å². The Morgan fingerprint density at radius 2 is 2.05 bits per heavy atom. The first-order valence-corrected chi connectivity index (χ1v) is 6.78. The summed E-state index contributed by atoms with van der Waals surface area (Å²) in [6.07, 6.45) is 0.751. The van der Waals surface area contributed by atoms with Crippen LogP contribution in [0.15, 0.2) is 28.8 Å². The molecule has 0 saturated heterocycles. The summed E-state index contributed by atoms with van der Waals surface area (Å²) in [5, 5.41) is 12.5. The van der Waals surface area contributed by atoms with E-state index in [0.29, 0.717) is 23.4 Å². The number of carbonyl (C=O) groups is 1. The average Bonchev–Trinajstić information content (AvgIpc) is 2.84. The highest BCUT2D eigenvalue weighted by Gasteiger charge is 2.09. The number of aromatic nitrogens is 2. The molecule has 2 rings (SSSR count). The first-order valence-electron chi connectivity index (χ1n) is 6.78. The molecule has 0 radical (unpaired) electrons. The molecule has 0 atom stereocenters. The smallest absolute Gasteiger partial charge is 0.307 e. The molecule has 6 heteroatoms. The second kappa shape index (κ2) is 6.88. The fourth-order valence-corrected chi connectivity index (χ4v) is 1.81. The molecule has 1 N–H and O–H groups in total. The first-order chi connectivity index (χ1) is 10.0. The summed E-state index contributed by atoms with van der Waals surface area (Å²) in [4.78, 5) is 14.8. The third-order valence-corrected chi connectivity index (χ3v) is 2.74. The van der Waals surface area contributed by atoms with Gasteiger partial charge in [-0.25, -0.2) is 0 Å². The highest BCUT2D eigenvalue weighted by molar-refractivity contribution is 5.70. The zero-order valence-electron chi connectivity index (χ0n) is 12.1. The summed E-state index contributed by atoms with van der Waals surface area (Å²) in [5.41, 5.74) is 0.730. The first kappa shape index (κ1) is 15.0. The van der Waals surface area contributed by atoms with Crippen LogP contribution in [-0.4, -0.2) is 21.2 Å². The van der Waals surface area contributed by atoms with E-state index in [1.165, 1.54) is 0 Å². The molecule has 112 valence electrons. The number of carboxylic acids is 1. The molecule has 2 aromatic rings. The van der Waals surface area contributed by atoms with E-state index in [-0.39, 0.29) is 13.0 Å². The van der Waals surface area contributed by atoms with Crippen LogP contribution < -0.4 is 4.74 Å². The van der Waals surface area contributed by atoms with Crippen molar-refractivity contribution in [3.63, 3.8) is 0 Å². The average molecular weight is 290 g/mol. The van der Waals surface area contributed by atoms with E-state index < -0.39 is 5.97 Å². The van der Waals surface area contributed by atoms with Gasteiger partial charge < -0.3 is 14.4 Å². The van der Waals surface area contributed by atoms with Crippen LogP contribution in [0.25, 0.3) is 0 Å². The van der Waals surface area contributed by atoms with E-state index in [9.17, 15) is 4.79 Å². The molecule has 0 unspecified atom stereocenters. The molecule has 0 fully saturated rings. The van der Waals surface area contributed by atoms with Gasteiger partial charge in [0.15, 0.2) is 6.61 Å². The molecular weight excluding hydrogens is 272 g/mol. The van der Waals surface area contributed by atoms with Crippen molar-refractivity contribution in [1.29, 1.82) is 0 Å². The number of rotatable bonds is 7. The van der Waals surface area contributed by atoms with Crippen LogP contribution in [-0.2, 0) is 24.2 Å². The van der Waals surface area contributed by atoms with Crippen LogP contribution in [0.3, 0.4) is 0 Å². The third-order valence-electron chi connectivity index (χ3n) is 2.74. The molecule has 0 aliphatic rings. The Balaban J connectivity index is 1.87. The summed E-state index contributed by atoms with van der Waals surface area (Å²) in [5.74, 6) is 1.36. The van der Waals surface area contributed by atoms with E-state index in [2.05, 4.69) is 24.0 Å². The van der Waals surface area contributed by atoms with Gasteiger partial charge in [0.1, 0.15) is 5.75 Å². The minimum atomic E-state index is -0.854. The van der Waals surface area contributed by atoms with Crippen molar-refractivity contribution in [3.05, 3.63) is 41.5 Å². The van der Waals surface area contributed by atoms with E-state index in [1.54, 1.807) is 24.3 Å². The van der Waals surface area contributed by atoms with Crippen LogP contribution in [0.4, 0.5) is 0 Å². The molecule has 0 spiro atoms. The molecule has 0 amide bonds. The third kappa shape index (κ3) is 4.91. The molecule has 1 aromatic heterocycles. The van der Waals surface area contributed by atoms with Crippen LogP contribution in [0.1, 0.15) is 31.1 Å². The van der Waals surface area contributed by atoms with Gasteiger partial charge in [-0.1, -0.05) is 31.1 Å². The monoisotopic (exact) mass is 290 g/mol. The number of aliphatic carboxylic acids is 1. The van der Waals surface area contributed by atoms with E-state index >= 15 is 0 Å². The van der Waals surface area contributed by atoms with Gasteiger partial charge in [-0.15, -0.1) is 0 Å². The Bertz CT molecular complexity index is 590. The summed E-state index contributed by atoms with van der Waals surface area (Å²) >= 11 is 0. The number of ether oxygens (including phenoxy) is 1. The summed E-state index contributed by atoms with van der Waals surface area (Å²) < 4.78 is 10.7. The SMILES string of the molecule is CC(C)Cc1nc(COc2ccc(CC(=O)O)cc2)no1. The maximum Gasteiger partial charge on any atom is 0.307 e. The van der Waals surface area contributed by atoms with Crippen LogP contribution in [0.5, 0.6) is 5.75 Å². The number of nitrogens with zero attached hydrogens (tertiary/aromatic N) is 2. The van der Waals surface area contributed by atoms with Gasteiger partial charge in [0, 0.05) is 6.42 Å². The van der Waals surface area contributed by atoms with Crippen molar-refractivity contribution in [3.8, 4) is 5.75 Å². The lowest BCUT2D eigenvalue weighted by Crippen LogP contribution is -2.01. The molecular formula is C15H18N2O4. The Kier molecular flexibility index (Phi) is 4.92. The molecule has 21 heavy (non-hydrogen) atoms.